The predicted molar refractivity (Wildman–Crippen MR) is 98.2 cm³/mol. The van der Waals surface area contributed by atoms with Gasteiger partial charge in [0.05, 0.1) is 17.6 Å². The minimum atomic E-state index is -0.147. The van der Waals surface area contributed by atoms with E-state index in [4.69, 9.17) is 14.5 Å². The van der Waals surface area contributed by atoms with E-state index < -0.39 is 0 Å². The Morgan fingerprint density at radius 3 is 3.19 bits per heavy atom. The van der Waals surface area contributed by atoms with E-state index >= 15 is 0 Å². The summed E-state index contributed by atoms with van der Waals surface area (Å²) in [6, 6.07) is 0. The quantitative estimate of drug-likeness (QED) is 0.748. The molecule has 2 aliphatic rings. The Balaban J connectivity index is 1.46. The molecule has 0 aromatic carbocycles. The van der Waals surface area contributed by atoms with E-state index in [0.29, 0.717) is 12.7 Å². The summed E-state index contributed by atoms with van der Waals surface area (Å²) < 4.78 is 13.5. The van der Waals surface area contributed by atoms with Gasteiger partial charge in [0, 0.05) is 17.9 Å². The number of thiophene rings is 1. The largest absolute Gasteiger partial charge is 0.372 e. The molecule has 0 aliphatic carbocycles. The molecule has 2 N–H and O–H groups in total. The molecule has 0 saturated carbocycles. The zero-order chi connectivity index (χ0) is 17.7. The van der Waals surface area contributed by atoms with Crippen molar-refractivity contribution in [1.29, 1.82) is 0 Å². The van der Waals surface area contributed by atoms with E-state index in [1.54, 1.807) is 17.7 Å². The van der Waals surface area contributed by atoms with Crippen molar-refractivity contribution in [2.24, 2.45) is 0 Å². The summed E-state index contributed by atoms with van der Waals surface area (Å²) >= 11 is 1.72. The van der Waals surface area contributed by atoms with Gasteiger partial charge in [-0.25, -0.2) is 14.5 Å². The zero-order valence-electron chi connectivity index (χ0n) is 15.2. The molecule has 3 aromatic rings. The molecule has 0 amide bonds. The zero-order valence-corrected chi connectivity index (χ0v) is 16.0. The van der Waals surface area contributed by atoms with Gasteiger partial charge in [-0.3, -0.25) is 0 Å². The molecular weight excluding hydrogens is 350 g/mol. The lowest BCUT2D eigenvalue weighted by Gasteiger charge is -2.30. The first-order valence-corrected chi connectivity index (χ1v) is 10.1. The minimum Gasteiger partial charge on any atom is -0.372 e. The molecule has 1 atom stereocenters. The van der Waals surface area contributed by atoms with E-state index in [0.717, 1.165) is 47.8 Å². The first kappa shape index (κ1) is 16.6. The van der Waals surface area contributed by atoms with Crippen molar-refractivity contribution in [2.75, 3.05) is 13.2 Å². The SMILES string of the molecule is CC1(C)Cc2c(sc3ncn4nc(C[NH2+]C[C@@H]5CCCO5)nc4c23)CO1. The van der Waals surface area contributed by atoms with Gasteiger partial charge in [0.25, 0.3) is 0 Å². The summed E-state index contributed by atoms with van der Waals surface area (Å²) in [7, 11) is 0. The summed E-state index contributed by atoms with van der Waals surface area (Å²) in [5.41, 5.74) is 2.11. The number of ether oxygens (including phenoxy) is 2. The summed E-state index contributed by atoms with van der Waals surface area (Å²) in [6.07, 6.45) is 5.39. The Hall–Kier alpha value is -1.61. The molecule has 0 spiro atoms. The third kappa shape index (κ3) is 2.90. The first-order chi connectivity index (χ1) is 12.6. The van der Waals surface area contributed by atoms with Crippen LogP contribution in [0.25, 0.3) is 15.9 Å². The van der Waals surface area contributed by atoms with Crippen LogP contribution in [0, 0.1) is 0 Å². The van der Waals surface area contributed by atoms with Crippen LogP contribution in [0.2, 0.25) is 0 Å². The average Bonchev–Trinajstić information content (AvgIpc) is 3.31. The van der Waals surface area contributed by atoms with E-state index in [1.165, 1.54) is 23.3 Å². The lowest BCUT2D eigenvalue weighted by Crippen LogP contribution is -2.84. The molecule has 1 saturated heterocycles. The second-order valence-corrected chi connectivity index (χ2v) is 8.90. The smallest absolute Gasteiger partial charge is 0.206 e. The molecule has 5 rings (SSSR count). The number of nitrogens with zero attached hydrogens (tertiary/aromatic N) is 4. The summed E-state index contributed by atoms with van der Waals surface area (Å²) in [5.74, 6) is 0.851. The van der Waals surface area contributed by atoms with Gasteiger partial charge in [0.1, 0.15) is 30.4 Å². The fourth-order valence-corrected chi connectivity index (χ4v) is 4.97. The summed E-state index contributed by atoms with van der Waals surface area (Å²) in [6.45, 7) is 7.58. The van der Waals surface area contributed by atoms with Crippen LogP contribution >= 0.6 is 11.3 Å². The molecule has 0 radical (unpaired) electrons. The maximum Gasteiger partial charge on any atom is 0.206 e. The molecule has 1 fully saturated rings. The molecule has 7 nitrogen and oxygen atoms in total. The number of hydrogen-bond donors (Lipinski definition) is 1. The molecule has 8 heteroatoms. The lowest BCUT2D eigenvalue weighted by molar-refractivity contribution is -0.677. The highest BCUT2D eigenvalue weighted by Gasteiger charge is 2.30. The maximum atomic E-state index is 5.96. The predicted octanol–water partition coefficient (Wildman–Crippen LogP) is 1.43. The van der Waals surface area contributed by atoms with Crippen LogP contribution < -0.4 is 5.32 Å². The number of aromatic nitrogens is 4. The second-order valence-electron chi connectivity index (χ2n) is 7.81. The Labute approximate surface area is 155 Å². The first-order valence-electron chi connectivity index (χ1n) is 9.31. The monoisotopic (exact) mass is 374 g/mol. The summed E-state index contributed by atoms with van der Waals surface area (Å²) in [4.78, 5) is 11.8. The van der Waals surface area contributed by atoms with E-state index in [9.17, 15) is 0 Å². The van der Waals surface area contributed by atoms with E-state index in [1.807, 2.05) is 4.52 Å². The average molecular weight is 374 g/mol. The van der Waals surface area contributed by atoms with Crippen molar-refractivity contribution in [3.8, 4) is 0 Å². The standard InChI is InChI=1S/C18H23N5O2S/c1-18(2)6-12-13(9-25-18)26-17-15(12)16-21-14(22-23(16)10-20-17)8-19-7-11-4-3-5-24-11/h10-11,19H,3-9H2,1-2H3/p+1/t11-/m0/s1. The van der Waals surface area contributed by atoms with Crippen molar-refractivity contribution in [1.82, 2.24) is 19.6 Å². The van der Waals surface area contributed by atoms with Crippen molar-refractivity contribution < 1.29 is 14.8 Å². The molecular formula is C18H24N5O2S+. The van der Waals surface area contributed by atoms with Crippen LogP contribution in [0.1, 0.15) is 43.0 Å². The van der Waals surface area contributed by atoms with Gasteiger partial charge in [-0.1, -0.05) is 0 Å². The van der Waals surface area contributed by atoms with Gasteiger partial charge in [0.2, 0.25) is 5.82 Å². The Bertz CT molecular complexity index is 957. The number of hydrogen-bond acceptors (Lipinski definition) is 6. The van der Waals surface area contributed by atoms with Crippen LogP contribution in [0.4, 0.5) is 0 Å². The number of quaternary nitrogens is 1. The highest BCUT2D eigenvalue weighted by Crippen LogP contribution is 2.39. The third-order valence-electron chi connectivity index (χ3n) is 5.23. The summed E-state index contributed by atoms with van der Waals surface area (Å²) in [5, 5.41) is 8.04. The Morgan fingerprint density at radius 2 is 2.35 bits per heavy atom. The number of fused-ring (bicyclic) bond motifs is 5. The molecule has 5 heterocycles. The van der Waals surface area contributed by atoms with Gasteiger partial charge in [-0.05, 0) is 32.3 Å². The molecule has 3 aromatic heterocycles. The topological polar surface area (TPSA) is 78.2 Å². The van der Waals surface area contributed by atoms with Crippen LogP contribution in [0.15, 0.2) is 6.33 Å². The van der Waals surface area contributed by atoms with Gasteiger partial charge in [-0.15, -0.1) is 16.4 Å². The highest BCUT2D eigenvalue weighted by atomic mass is 32.1. The fourth-order valence-electron chi connectivity index (χ4n) is 3.90. The Morgan fingerprint density at radius 1 is 1.42 bits per heavy atom. The van der Waals surface area contributed by atoms with Gasteiger partial charge in [0.15, 0.2) is 5.65 Å². The molecule has 0 unspecified atom stereocenters. The third-order valence-corrected chi connectivity index (χ3v) is 6.35. The molecule has 138 valence electrons. The van der Waals surface area contributed by atoms with Crippen LogP contribution in [0.5, 0.6) is 0 Å². The van der Waals surface area contributed by atoms with Crippen LogP contribution in [-0.2, 0) is 29.0 Å². The van der Waals surface area contributed by atoms with Crippen LogP contribution in [-0.4, -0.2) is 44.4 Å². The van der Waals surface area contributed by atoms with Crippen molar-refractivity contribution in [2.45, 2.75) is 58.0 Å². The second kappa shape index (κ2) is 6.23. The van der Waals surface area contributed by atoms with Crippen molar-refractivity contribution in [3.63, 3.8) is 0 Å². The number of rotatable bonds is 4. The van der Waals surface area contributed by atoms with Crippen molar-refractivity contribution >= 4 is 27.2 Å². The van der Waals surface area contributed by atoms with Gasteiger partial charge < -0.3 is 14.8 Å². The fraction of sp³-hybridized carbons (Fsp3) is 0.611. The van der Waals surface area contributed by atoms with Gasteiger partial charge in [-0.2, -0.15) is 0 Å². The minimum absolute atomic E-state index is 0.147. The molecule has 0 bridgehead atoms. The Kier molecular flexibility index (Phi) is 3.97. The van der Waals surface area contributed by atoms with Gasteiger partial charge >= 0.3 is 0 Å². The lowest BCUT2D eigenvalue weighted by atomic mass is 9.94. The van der Waals surface area contributed by atoms with Crippen LogP contribution in [0.3, 0.4) is 0 Å². The van der Waals surface area contributed by atoms with Crippen molar-refractivity contribution in [3.05, 3.63) is 22.6 Å². The highest BCUT2D eigenvalue weighted by molar-refractivity contribution is 7.19. The van der Waals surface area contributed by atoms with E-state index in [2.05, 4.69) is 29.2 Å². The number of nitrogens with two attached hydrogens (primary N) is 1. The maximum absolute atomic E-state index is 5.96. The molecule has 26 heavy (non-hydrogen) atoms. The van der Waals surface area contributed by atoms with E-state index in [-0.39, 0.29) is 5.60 Å². The molecule has 2 aliphatic heterocycles. The normalized spacial score (nSPS) is 22.3.